The van der Waals surface area contributed by atoms with Gasteiger partial charge in [-0.25, -0.2) is 14.6 Å². The van der Waals surface area contributed by atoms with Crippen molar-refractivity contribution in [2.75, 3.05) is 11.9 Å². The Morgan fingerprint density at radius 1 is 1.35 bits per heavy atom. The first-order valence-corrected chi connectivity index (χ1v) is 5.64. The lowest BCUT2D eigenvalue weighted by Gasteiger charge is -2.10. The first kappa shape index (κ1) is 11.5. The average molecular weight is 232 g/mol. The largest absolute Gasteiger partial charge is 0.370 e. The number of aromatic nitrogens is 5. The Kier molecular flexibility index (Phi) is 3.32. The molecule has 0 saturated carbocycles. The van der Waals surface area contributed by atoms with E-state index in [1.54, 1.807) is 17.2 Å². The van der Waals surface area contributed by atoms with E-state index in [-0.39, 0.29) is 0 Å². The van der Waals surface area contributed by atoms with Gasteiger partial charge in [0.2, 0.25) is 0 Å². The van der Waals surface area contributed by atoms with Crippen molar-refractivity contribution in [3.63, 3.8) is 0 Å². The summed E-state index contributed by atoms with van der Waals surface area (Å²) in [4.78, 5) is 8.54. The van der Waals surface area contributed by atoms with E-state index in [0.29, 0.717) is 0 Å². The fourth-order valence-corrected chi connectivity index (χ4v) is 1.63. The molecule has 2 aromatic heterocycles. The summed E-state index contributed by atoms with van der Waals surface area (Å²) in [5, 5.41) is 11.1. The van der Waals surface area contributed by atoms with Gasteiger partial charge in [0.05, 0.1) is 11.9 Å². The molecular weight excluding hydrogens is 216 g/mol. The molecule has 2 heterocycles. The van der Waals surface area contributed by atoms with E-state index in [2.05, 4.69) is 32.5 Å². The Balaban J connectivity index is 2.39. The second-order valence-corrected chi connectivity index (χ2v) is 3.87. The third-order valence-electron chi connectivity index (χ3n) is 2.58. The van der Waals surface area contributed by atoms with Crippen LogP contribution in [0, 0.1) is 6.92 Å². The van der Waals surface area contributed by atoms with Crippen molar-refractivity contribution in [2.24, 2.45) is 7.05 Å². The lowest BCUT2D eigenvalue weighted by Crippen LogP contribution is -2.06. The second kappa shape index (κ2) is 4.90. The van der Waals surface area contributed by atoms with E-state index in [1.165, 1.54) is 0 Å². The molecule has 0 radical (unpaired) electrons. The number of rotatable bonds is 4. The van der Waals surface area contributed by atoms with Crippen LogP contribution in [0.4, 0.5) is 5.82 Å². The standard InChI is InChI=1S/C11H16N6/c1-4-5-12-11-8(2)10(13-7-14-11)9-6-15-16-17(9)3/h6-7H,4-5H2,1-3H3,(H,12,13,14). The maximum Gasteiger partial charge on any atom is 0.132 e. The van der Waals surface area contributed by atoms with Gasteiger partial charge >= 0.3 is 0 Å². The van der Waals surface area contributed by atoms with E-state index in [0.717, 1.165) is 35.7 Å². The van der Waals surface area contributed by atoms with Gasteiger partial charge in [-0.2, -0.15) is 0 Å². The van der Waals surface area contributed by atoms with Crippen LogP contribution in [0.1, 0.15) is 18.9 Å². The second-order valence-electron chi connectivity index (χ2n) is 3.87. The molecule has 90 valence electrons. The van der Waals surface area contributed by atoms with E-state index in [9.17, 15) is 0 Å². The van der Waals surface area contributed by atoms with E-state index in [1.807, 2.05) is 14.0 Å². The summed E-state index contributed by atoms with van der Waals surface area (Å²) in [5.74, 6) is 0.873. The molecule has 0 spiro atoms. The highest BCUT2D eigenvalue weighted by molar-refractivity contribution is 5.64. The topological polar surface area (TPSA) is 68.5 Å². The van der Waals surface area contributed by atoms with Crippen molar-refractivity contribution < 1.29 is 0 Å². The number of aryl methyl sites for hydroxylation is 1. The van der Waals surface area contributed by atoms with Gasteiger partial charge in [-0.1, -0.05) is 12.1 Å². The molecule has 0 saturated heterocycles. The van der Waals surface area contributed by atoms with Gasteiger partial charge in [0.1, 0.15) is 17.8 Å². The number of nitrogens with zero attached hydrogens (tertiary/aromatic N) is 5. The van der Waals surface area contributed by atoms with Crippen LogP contribution < -0.4 is 5.32 Å². The number of hydrogen-bond acceptors (Lipinski definition) is 5. The molecule has 0 unspecified atom stereocenters. The summed E-state index contributed by atoms with van der Waals surface area (Å²) in [6.45, 7) is 5.02. The third-order valence-corrected chi connectivity index (χ3v) is 2.58. The summed E-state index contributed by atoms with van der Waals surface area (Å²) in [7, 11) is 1.85. The van der Waals surface area contributed by atoms with Crippen LogP contribution in [0.5, 0.6) is 0 Å². The van der Waals surface area contributed by atoms with Crippen molar-refractivity contribution in [3.05, 3.63) is 18.1 Å². The van der Waals surface area contributed by atoms with Gasteiger partial charge in [0.25, 0.3) is 0 Å². The molecule has 0 fully saturated rings. The van der Waals surface area contributed by atoms with Gasteiger partial charge in [0.15, 0.2) is 0 Å². The van der Waals surface area contributed by atoms with E-state index < -0.39 is 0 Å². The first-order chi connectivity index (χ1) is 8.24. The zero-order valence-electron chi connectivity index (χ0n) is 10.3. The molecule has 0 atom stereocenters. The highest BCUT2D eigenvalue weighted by Gasteiger charge is 2.11. The lowest BCUT2D eigenvalue weighted by molar-refractivity contribution is 0.718. The predicted octanol–water partition coefficient (Wildman–Crippen LogP) is 1.40. The van der Waals surface area contributed by atoms with Crippen LogP contribution >= 0.6 is 0 Å². The minimum Gasteiger partial charge on any atom is -0.370 e. The monoisotopic (exact) mass is 232 g/mol. The lowest BCUT2D eigenvalue weighted by atomic mass is 10.2. The number of hydrogen-bond donors (Lipinski definition) is 1. The van der Waals surface area contributed by atoms with E-state index in [4.69, 9.17) is 0 Å². The van der Waals surface area contributed by atoms with Gasteiger partial charge in [-0.05, 0) is 13.3 Å². The molecule has 0 aliphatic heterocycles. The summed E-state index contributed by atoms with van der Waals surface area (Å²) >= 11 is 0. The van der Waals surface area contributed by atoms with Crippen LogP contribution in [-0.4, -0.2) is 31.5 Å². The maximum absolute atomic E-state index is 4.30. The van der Waals surface area contributed by atoms with Crippen LogP contribution in [0.3, 0.4) is 0 Å². The molecule has 1 N–H and O–H groups in total. The van der Waals surface area contributed by atoms with Crippen molar-refractivity contribution >= 4 is 5.82 Å². The average Bonchev–Trinajstić information content (AvgIpc) is 2.74. The summed E-state index contributed by atoms with van der Waals surface area (Å²) in [5.41, 5.74) is 2.78. The fourth-order valence-electron chi connectivity index (χ4n) is 1.63. The van der Waals surface area contributed by atoms with Crippen LogP contribution in [0.15, 0.2) is 12.5 Å². The third kappa shape index (κ3) is 2.25. The van der Waals surface area contributed by atoms with Crippen molar-refractivity contribution in [3.8, 4) is 11.4 Å². The number of nitrogens with one attached hydrogen (secondary N) is 1. The zero-order valence-corrected chi connectivity index (χ0v) is 10.3. The first-order valence-electron chi connectivity index (χ1n) is 5.64. The molecule has 2 rings (SSSR count). The van der Waals surface area contributed by atoms with Crippen LogP contribution in [0.25, 0.3) is 11.4 Å². The molecule has 17 heavy (non-hydrogen) atoms. The Hall–Kier alpha value is -1.98. The SMILES string of the molecule is CCCNc1ncnc(-c2cnnn2C)c1C. The zero-order chi connectivity index (χ0) is 12.3. The van der Waals surface area contributed by atoms with Crippen molar-refractivity contribution in [1.29, 1.82) is 0 Å². The van der Waals surface area contributed by atoms with Gasteiger partial charge in [-0.3, -0.25) is 0 Å². The molecule has 0 aliphatic carbocycles. The molecular formula is C11H16N6. The van der Waals surface area contributed by atoms with Crippen LogP contribution in [-0.2, 0) is 7.05 Å². The predicted molar refractivity (Wildman–Crippen MR) is 65.5 cm³/mol. The smallest absolute Gasteiger partial charge is 0.132 e. The minimum absolute atomic E-state index is 0.867. The highest BCUT2D eigenvalue weighted by Crippen LogP contribution is 2.23. The highest BCUT2D eigenvalue weighted by atomic mass is 15.4. The molecule has 2 aromatic rings. The normalized spacial score (nSPS) is 10.5. The summed E-state index contributed by atoms with van der Waals surface area (Å²) in [6.07, 6.45) is 4.33. The molecule has 0 aromatic carbocycles. The fraction of sp³-hybridized carbons (Fsp3) is 0.455. The molecule has 6 heteroatoms. The molecule has 6 nitrogen and oxygen atoms in total. The summed E-state index contributed by atoms with van der Waals surface area (Å²) in [6, 6.07) is 0. The van der Waals surface area contributed by atoms with Crippen molar-refractivity contribution in [2.45, 2.75) is 20.3 Å². The van der Waals surface area contributed by atoms with E-state index >= 15 is 0 Å². The Bertz CT molecular complexity index is 504. The Morgan fingerprint density at radius 3 is 2.82 bits per heavy atom. The quantitative estimate of drug-likeness (QED) is 0.863. The van der Waals surface area contributed by atoms with Gasteiger partial charge in [0, 0.05) is 19.2 Å². The summed E-state index contributed by atoms with van der Waals surface area (Å²) < 4.78 is 1.71. The Morgan fingerprint density at radius 2 is 2.18 bits per heavy atom. The number of anilines is 1. The molecule has 0 bridgehead atoms. The van der Waals surface area contributed by atoms with Crippen LogP contribution in [0.2, 0.25) is 0 Å². The van der Waals surface area contributed by atoms with Crippen molar-refractivity contribution in [1.82, 2.24) is 25.0 Å². The van der Waals surface area contributed by atoms with Gasteiger partial charge in [-0.15, -0.1) is 5.10 Å². The van der Waals surface area contributed by atoms with Gasteiger partial charge < -0.3 is 5.32 Å². The molecule has 0 aliphatic rings. The maximum atomic E-state index is 4.30. The Labute approximate surface area is 100 Å². The minimum atomic E-state index is 0.867. The molecule has 0 amide bonds.